The van der Waals surface area contributed by atoms with Gasteiger partial charge in [0.2, 0.25) is 0 Å². The highest BCUT2D eigenvalue weighted by Crippen LogP contribution is 2.31. The van der Waals surface area contributed by atoms with Gasteiger partial charge in [-0.15, -0.1) is 0 Å². The van der Waals surface area contributed by atoms with Crippen LogP contribution in [0, 0.1) is 5.92 Å². The molecule has 1 aromatic rings. The molecule has 0 amide bonds. The lowest BCUT2D eigenvalue weighted by Gasteiger charge is -2.20. The summed E-state index contributed by atoms with van der Waals surface area (Å²) in [4.78, 5) is 0. The molecule has 0 spiro atoms. The smallest absolute Gasteiger partial charge is 0.119 e. The molecule has 96 valence electrons. The molecule has 0 bridgehead atoms. The fraction of sp³-hybridized carbons (Fsp3) is 0.571. The van der Waals surface area contributed by atoms with Crippen LogP contribution in [0.5, 0.6) is 5.75 Å². The van der Waals surface area contributed by atoms with Gasteiger partial charge in [0, 0.05) is 10.5 Å². The maximum atomic E-state index is 6.29. The van der Waals surface area contributed by atoms with Gasteiger partial charge < -0.3 is 10.5 Å². The molecule has 2 N–H and O–H groups in total. The van der Waals surface area contributed by atoms with E-state index in [1.165, 1.54) is 12.8 Å². The van der Waals surface area contributed by atoms with Crippen LogP contribution < -0.4 is 10.5 Å². The Morgan fingerprint density at radius 3 is 2.47 bits per heavy atom. The van der Waals surface area contributed by atoms with Crippen LogP contribution >= 0.6 is 15.9 Å². The second-order valence-electron chi connectivity index (χ2n) is 4.41. The largest absolute Gasteiger partial charge is 0.497 e. The van der Waals surface area contributed by atoms with E-state index in [2.05, 4.69) is 29.8 Å². The summed E-state index contributed by atoms with van der Waals surface area (Å²) in [6.07, 6.45) is 3.40. The van der Waals surface area contributed by atoms with Gasteiger partial charge in [0.05, 0.1) is 7.11 Å². The highest BCUT2D eigenvalue weighted by molar-refractivity contribution is 9.10. The van der Waals surface area contributed by atoms with Crippen molar-refractivity contribution < 1.29 is 4.74 Å². The lowest BCUT2D eigenvalue weighted by molar-refractivity contribution is 0.404. The average Bonchev–Trinajstić information content (AvgIpc) is 2.36. The molecule has 0 aliphatic rings. The van der Waals surface area contributed by atoms with Crippen molar-refractivity contribution in [3.8, 4) is 5.75 Å². The maximum Gasteiger partial charge on any atom is 0.119 e. The van der Waals surface area contributed by atoms with Gasteiger partial charge in [0.15, 0.2) is 0 Å². The van der Waals surface area contributed by atoms with Gasteiger partial charge in [0.1, 0.15) is 5.75 Å². The maximum absolute atomic E-state index is 6.29. The van der Waals surface area contributed by atoms with E-state index in [1.54, 1.807) is 7.11 Å². The summed E-state index contributed by atoms with van der Waals surface area (Å²) in [5.74, 6) is 1.56. The van der Waals surface area contributed by atoms with Crippen molar-refractivity contribution in [1.82, 2.24) is 0 Å². The summed E-state index contributed by atoms with van der Waals surface area (Å²) in [6, 6.07) is 6.04. The Hall–Kier alpha value is -0.540. The number of halogens is 1. The van der Waals surface area contributed by atoms with Crippen molar-refractivity contribution in [2.24, 2.45) is 11.7 Å². The summed E-state index contributed by atoms with van der Waals surface area (Å²) in [5.41, 5.74) is 7.42. The molecule has 0 fully saturated rings. The zero-order valence-electron chi connectivity index (χ0n) is 10.9. The molecule has 0 saturated heterocycles. The van der Waals surface area contributed by atoms with E-state index in [0.717, 1.165) is 22.2 Å². The first-order valence-corrected chi connectivity index (χ1v) is 7.00. The topological polar surface area (TPSA) is 35.2 Å². The molecular formula is C14H22BrNO. The number of methoxy groups -OCH3 is 1. The third-order valence-electron chi connectivity index (χ3n) is 3.34. The van der Waals surface area contributed by atoms with Crippen molar-refractivity contribution in [1.29, 1.82) is 0 Å². The Morgan fingerprint density at radius 2 is 1.94 bits per heavy atom. The summed E-state index contributed by atoms with van der Waals surface area (Å²) < 4.78 is 6.31. The average molecular weight is 300 g/mol. The summed E-state index contributed by atoms with van der Waals surface area (Å²) in [6.45, 7) is 4.45. The molecule has 1 aromatic carbocycles. The third kappa shape index (κ3) is 4.00. The van der Waals surface area contributed by atoms with Crippen LogP contribution in [0.4, 0.5) is 0 Å². The highest BCUT2D eigenvalue weighted by Gasteiger charge is 2.15. The first-order chi connectivity index (χ1) is 8.12. The van der Waals surface area contributed by atoms with Crippen LogP contribution in [0.3, 0.4) is 0 Å². The van der Waals surface area contributed by atoms with Gasteiger partial charge >= 0.3 is 0 Å². The van der Waals surface area contributed by atoms with E-state index < -0.39 is 0 Å². The minimum absolute atomic E-state index is 0.0735. The van der Waals surface area contributed by atoms with Gasteiger partial charge in [-0.05, 0) is 36.1 Å². The Labute approximate surface area is 113 Å². The fourth-order valence-electron chi connectivity index (χ4n) is 2.04. The SMILES string of the molecule is CCC(CC)CC(N)c1cc(OC)ccc1Br. The van der Waals surface area contributed by atoms with Crippen molar-refractivity contribution in [3.05, 3.63) is 28.2 Å². The number of nitrogens with two attached hydrogens (primary N) is 1. The quantitative estimate of drug-likeness (QED) is 0.851. The number of ether oxygens (including phenoxy) is 1. The van der Waals surface area contributed by atoms with Crippen molar-refractivity contribution >= 4 is 15.9 Å². The molecule has 1 atom stereocenters. The van der Waals surface area contributed by atoms with Gasteiger partial charge in [-0.1, -0.05) is 42.6 Å². The molecule has 0 aromatic heterocycles. The van der Waals surface area contributed by atoms with Crippen LogP contribution in [0.1, 0.15) is 44.7 Å². The molecule has 17 heavy (non-hydrogen) atoms. The molecule has 0 aliphatic heterocycles. The normalized spacial score (nSPS) is 12.8. The van der Waals surface area contributed by atoms with E-state index >= 15 is 0 Å². The molecule has 0 radical (unpaired) electrons. The lowest BCUT2D eigenvalue weighted by atomic mass is 9.91. The Kier molecular flexibility index (Phi) is 6.00. The standard InChI is InChI=1S/C14H22BrNO/c1-4-10(5-2)8-14(16)12-9-11(17-3)6-7-13(12)15/h6-7,9-10,14H,4-5,8,16H2,1-3H3. The van der Waals surface area contributed by atoms with E-state index in [0.29, 0.717) is 5.92 Å². The van der Waals surface area contributed by atoms with Crippen LogP contribution in [-0.4, -0.2) is 7.11 Å². The second kappa shape index (κ2) is 7.02. The number of rotatable bonds is 6. The minimum atomic E-state index is 0.0735. The molecular weight excluding hydrogens is 278 g/mol. The summed E-state index contributed by atoms with van der Waals surface area (Å²) >= 11 is 3.56. The molecule has 0 aliphatic carbocycles. The van der Waals surface area contributed by atoms with Crippen molar-refractivity contribution in [2.75, 3.05) is 7.11 Å². The number of hydrogen-bond donors (Lipinski definition) is 1. The van der Waals surface area contributed by atoms with Crippen LogP contribution in [-0.2, 0) is 0 Å². The van der Waals surface area contributed by atoms with E-state index in [-0.39, 0.29) is 6.04 Å². The van der Waals surface area contributed by atoms with Gasteiger partial charge in [-0.3, -0.25) is 0 Å². The molecule has 1 unspecified atom stereocenters. The molecule has 0 saturated carbocycles. The van der Waals surface area contributed by atoms with Gasteiger partial charge in [-0.25, -0.2) is 0 Å². The zero-order chi connectivity index (χ0) is 12.8. The van der Waals surface area contributed by atoms with Crippen molar-refractivity contribution in [2.45, 2.75) is 39.2 Å². The van der Waals surface area contributed by atoms with Crippen LogP contribution in [0.25, 0.3) is 0 Å². The molecule has 2 nitrogen and oxygen atoms in total. The highest BCUT2D eigenvalue weighted by atomic mass is 79.9. The zero-order valence-corrected chi connectivity index (χ0v) is 12.5. The minimum Gasteiger partial charge on any atom is -0.497 e. The number of benzene rings is 1. The van der Waals surface area contributed by atoms with E-state index in [1.807, 2.05) is 18.2 Å². The molecule has 1 rings (SSSR count). The van der Waals surface area contributed by atoms with Crippen molar-refractivity contribution in [3.63, 3.8) is 0 Å². The third-order valence-corrected chi connectivity index (χ3v) is 4.07. The Bertz CT molecular complexity index is 350. The van der Waals surface area contributed by atoms with Crippen LogP contribution in [0.15, 0.2) is 22.7 Å². The predicted molar refractivity (Wildman–Crippen MR) is 76.3 cm³/mol. The summed E-state index contributed by atoms with van der Waals surface area (Å²) in [5, 5.41) is 0. The van der Waals surface area contributed by atoms with Gasteiger partial charge in [0.25, 0.3) is 0 Å². The second-order valence-corrected chi connectivity index (χ2v) is 5.27. The molecule has 3 heteroatoms. The Morgan fingerprint density at radius 1 is 1.29 bits per heavy atom. The first-order valence-electron chi connectivity index (χ1n) is 6.21. The summed E-state index contributed by atoms with van der Waals surface area (Å²) in [7, 11) is 1.68. The lowest BCUT2D eigenvalue weighted by Crippen LogP contribution is -2.15. The molecule has 0 heterocycles. The van der Waals surface area contributed by atoms with Gasteiger partial charge in [-0.2, -0.15) is 0 Å². The number of hydrogen-bond acceptors (Lipinski definition) is 2. The Balaban J connectivity index is 2.83. The first kappa shape index (κ1) is 14.5. The fourth-order valence-corrected chi connectivity index (χ4v) is 2.58. The van der Waals surface area contributed by atoms with E-state index in [9.17, 15) is 0 Å². The monoisotopic (exact) mass is 299 g/mol. The predicted octanol–water partition coefficient (Wildman–Crippen LogP) is 4.28. The van der Waals surface area contributed by atoms with E-state index in [4.69, 9.17) is 10.5 Å². The van der Waals surface area contributed by atoms with Crippen LogP contribution in [0.2, 0.25) is 0 Å².